The van der Waals surface area contributed by atoms with E-state index in [2.05, 4.69) is 10.3 Å². The molecule has 0 aliphatic rings. The Hall–Kier alpha value is -3.12. The zero-order valence-electron chi connectivity index (χ0n) is 18.5. The van der Waals surface area contributed by atoms with Crippen LogP contribution in [0.15, 0.2) is 29.1 Å². The summed E-state index contributed by atoms with van der Waals surface area (Å²) in [6.07, 6.45) is -4.63. The molecule has 0 unspecified atom stereocenters. The first-order valence-corrected chi connectivity index (χ1v) is 10.5. The van der Waals surface area contributed by atoms with Crippen molar-refractivity contribution in [3.8, 4) is 0 Å². The molecule has 186 valence electrons. The molecule has 2 rings (SSSR count). The van der Waals surface area contributed by atoms with E-state index >= 15 is 0 Å². The average molecular weight is 505 g/mol. The highest BCUT2D eigenvalue weighted by Crippen LogP contribution is 2.20. The van der Waals surface area contributed by atoms with E-state index < -0.39 is 30.2 Å². The molecule has 1 heterocycles. The van der Waals surface area contributed by atoms with Crippen LogP contribution in [0.4, 0.5) is 19.0 Å². The van der Waals surface area contributed by atoms with Crippen LogP contribution in [0.2, 0.25) is 5.15 Å². The van der Waals surface area contributed by atoms with Crippen molar-refractivity contribution in [1.82, 2.24) is 14.5 Å². The molecule has 0 saturated carbocycles. The van der Waals surface area contributed by atoms with Gasteiger partial charge in [0.15, 0.2) is 11.0 Å². The van der Waals surface area contributed by atoms with Crippen LogP contribution in [0.3, 0.4) is 0 Å². The zero-order valence-corrected chi connectivity index (χ0v) is 19.2. The second kappa shape index (κ2) is 11.8. The molecule has 0 aliphatic heterocycles. The molecule has 0 atom stereocenters. The topological polar surface area (TPSA) is 114 Å². The number of carbonyl (C=O) groups is 2. The van der Waals surface area contributed by atoms with Crippen LogP contribution in [-0.2, 0) is 33.8 Å². The first-order chi connectivity index (χ1) is 15.9. The van der Waals surface area contributed by atoms with E-state index in [-0.39, 0.29) is 42.9 Å². The maximum atomic E-state index is 12.9. The number of halogens is 4. The largest absolute Gasteiger partial charge is 0.480 e. The number of methoxy groups -OCH3 is 1. The van der Waals surface area contributed by atoms with Gasteiger partial charge < -0.3 is 20.1 Å². The highest BCUT2D eigenvalue weighted by Gasteiger charge is 2.42. The van der Waals surface area contributed by atoms with E-state index in [0.29, 0.717) is 16.9 Å². The summed E-state index contributed by atoms with van der Waals surface area (Å²) in [7, 11) is 1.33. The molecule has 0 fully saturated rings. The van der Waals surface area contributed by atoms with Crippen molar-refractivity contribution in [3.63, 3.8) is 0 Å². The summed E-state index contributed by atoms with van der Waals surface area (Å²) in [6, 6.07) is 6.66. The lowest BCUT2D eigenvalue weighted by molar-refractivity contribution is -0.186. The highest BCUT2D eigenvalue weighted by molar-refractivity contribution is 6.30. The first kappa shape index (κ1) is 27.1. The minimum absolute atomic E-state index is 0.0178. The molecule has 13 heteroatoms. The Morgan fingerprint density at radius 2 is 1.97 bits per heavy atom. The fourth-order valence-corrected chi connectivity index (χ4v) is 3.31. The van der Waals surface area contributed by atoms with E-state index in [1.807, 2.05) is 0 Å². The number of anilines is 1. The van der Waals surface area contributed by atoms with Gasteiger partial charge in [0.2, 0.25) is 0 Å². The lowest BCUT2D eigenvalue weighted by atomic mass is 10.1. The summed E-state index contributed by atoms with van der Waals surface area (Å²) >= 11 is 6.01. The minimum Gasteiger partial charge on any atom is -0.480 e. The maximum Gasteiger partial charge on any atom is 0.471 e. The van der Waals surface area contributed by atoms with Crippen LogP contribution in [0, 0.1) is 6.92 Å². The summed E-state index contributed by atoms with van der Waals surface area (Å²) in [6.45, 7) is 0.610. The maximum absolute atomic E-state index is 12.9. The third-order valence-electron chi connectivity index (χ3n) is 4.82. The Kier molecular flexibility index (Phi) is 9.45. The number of rotatable bonds is 11. The lowest BCUT2D eigenvalue weighted by Gasteiger charge is -2.23. The first-order valence-electron chi connectivity index (χ1n) is 10.1. The predicted octanol–water partition coefficient (Wildman–Crippen LogP) is 2.48. The Balaban J connectivity index is 2.10. The van der Waals surface area contributed by atoms with Crippen LogP contribution >= 0.6 is 11.6 Å². The third-order valence-corrected chi connectivity index (χ3v) is 5.18. The molecular weight excluding hydrogens is 481 g/mol. The molecule has 2 N–H and O–H groups in total. The zero-order chi connectivity index (χ0) is 25.5. The van der Waals surface area contributed by atoms with Gasteiger partial charge in [-0.05, 0) is 24.5 Å². The number of amides is 1. The molecule has 0 saturated heterocycles. The average Bonchev–Trinajstić information content (AvgIpc) is 2.76. The summed E-state index contributed by atoms with van der Waals surface area (Å²) < 4.78 is 44.5. The number of benzene rings is 1. The second-order valence-corrected chi connectivity index (χ2v) is 7.69. The van der Waals surface area contributed by atoms with E-state index in [0.717, 1.165) is 10.1 Å². The van der Waals surface area contributed by atoms with Crippen molar-refractivity contribution < 1.29 is 32.6 Å². The fourth-order valence-electron chi connectivity index (χ4n) is 3.12. The van der Waals surface area contributed by atoms with Gasteiger partial charge in [-0.25, -0.2) is 4.98 Å². The van der Waals surface area contributed by atoms with Gasteiger partial charge >= 0.3 is 18.1 Å². The number of nitrogens with one attached hydrogen (secondary N) is 1. The molecular formula is C21H24ClF3N4O5. The monoisotopic (exact) mass is 504 g/mol. The number of aromatic nitrogens is 2. The number of carbonyl (C=O) groups excluding carboxylic acids is 1. The van der Waals surface area contributed by atoms with Gasteiger partial charge in [-0.2, -0.15) is 13.2 Å². The van der Waals surface area contributed by atoms with E-state index in [1.165, 1.54) is 14.0 Å². The predicted molar refractivity (Wildman–Crippen MR) is 118 cm³/mol. The van der Waals surface area contributed by atoms with Crippen molar-refractivity contribution in [1.29, 1.82) is 0 Å². The van der Waals surface area contributed by atoms with Gasteiger partial charge in [-0.3, -0.25) is 19.0 Å². The minimum atomic E-state index is -4.99. The fraction of sp³-hybridized carbons (Fsp3) is 0.429. The number of ether oxygens (including phenoxy) is 1. The van der Waals surface area contributed by atoms with Gasteiger partial charge in [0.1, 0.15) is 6.54 Å². The number of carboxylic acid groups (broad SMARTS) is 1. The van der Waals surface area contributed by atoms with Crippen molar-refractivity contribution in [2.24, 2.45) is 0 Å². The molecule has 1 amide bonds. The third kappa shape index (κ3) is 7.45. The SMILES string of the molecule is COCCN(Cc1cccc(CCNc2nc(Cl)c(C)n(CC(=O)O)c2=O)c1)C(=O)C(F)(F)F. The standard InChI is InChI=1S/C21H24ClF3N4O5/c1-13-17(22)27-18(19(32)29(13)12-16(30)31)26-7-6-14-4-3-5-15(10-14)11-28(8-9-34-2)20(33)21(23,24)25/h3-5,10H,6-9,11-12H2,1-2H3,(H,26,27)(H,30,31). The van der Waals surface area contributed by atoms with Gasteiger partial charge in [-0.1, -0.05) is 35.9 Å². The molecule has 0 aliphatic carbocycles. The summed E-state index contributed by atoms with van der Waals surface area (Å²) in [4.78, 5) is 39.9. The van der Waals surface area contributed by atoms with Crippen LogP contribution < -0.4 is 10.9 Å². The smallest absolute Gasteiger partial charge is 0.471 e. The molecule has 1 aromatic carbocycles. The van der Waals surface area contributed by atoms with Gasteiger partial charge in [0.05, 0.1) is 12.3 Å². The van der Waals surface area contributed by atoms with Gasteiger partial charge in [0.25, 0.3) is 5.56 Å². The summed E-state index contributed by atoms with van der Waals surface area (Å²) in [5, 5.41) is 11.8. The quantitative estimate of drug-likeness (QED) is 0.483. The molecule has 0 spiro atoms. The number of hydrogen-bond acceptors (Lipinski definition) is 6. The number of hydrogen-bond donors (Lipinski definition) is 2. The molecule has 0 bridgehead atoms. The van der Waals surface area contributed by atoms with Crippen LogP contribution in [0.1, 0.15) is 16.8 Å². The molecule has 1 aromatic heterocycles. The lowest BCUT2D eigenvalue weighted by Crippen LogP contribution is -2.42. The summed E-state index contributed by atoms with van der Waals surface area (Å²) in [5.74, 6) is -3.27. The number of aliphatic carboxylic acids is 1. The van der Waals surface area contributed by atoms with Crippen LogP contribution in [-0.4, -0.2) is 64.4 Å². The normalized spacial score (nSPS) is 11.4. The van der Waals surface area contributed by atoms with Gasteiger partial charge in [-0.15, -0.1) is 0 Å². The Morgan fingerprint density at radius 3 is 2.59 bits per heavy atom. The molecule has 9 nitrogen and oxygen atoms in total. The van der Waals surface area contributed by atoms with Crippen LogP contribution in [0.5, 0.6) is 0 Å². The molecule has 0 radical (unpaired) electrons. The van der Waals surface area contributed by atoms with Crippen LogP contribution in [0.25, 0.3) is 0 Å². The second-order valence-electron chi connectivity index (χ2n) is 7.34. The Labute approximate surface area is 198 Å². The van der Waals surface area contributed by atoms with Gasteiger partial charge in [0, 0.05) is 26.7 Å². The molecule has 2 aromatic rings. The Bertz CT molecular complexity index is 1090. The van der Waals surface area contributed by atoms with Crippen molar-refractivity contribution in [2.45, 2.75) is 32.6 Å². The van der Waals surface area contributed by atoms with Crippen molar-refractivity contribution in [2.75, 3.05) is 32.1 Å². The number of alkyl halides is 3. The molecule has 34 heavy (non-hydrogen) atoms. The summed E-state index contributed by atoms with van der Waals surface area (Å²) in [5.41, 5.74) is 0.808. The Morgan fingerprint density at radius 1 is 1.29 bits per heavy atom. The number of nitrogens with zero attached hydrogens (tertiary/aromatic N) is 3. The number of carboxylic acids is 1. The van der Waals surface area contributed by atoms with Crippen molar-refractivity contribution in [3.05, 3.63) is 56.6 Å². The highest BCUT2D eigenvalue weighted by atomic mass is 35.5. The van der Waals surface area contributed by atoms with Crippen molar-refractivity contribution >= 4 is 29.3 Å². The van der Waals surface area contributed by atoms with E-state index in [9.17, 15) is 27.6 Å². The van der Waals surface area contributed by atoms with E-state index in [1.54, 1.807) is 24.3 Å². The van der Waals surface area contributed by atoms with E-state index in [4.69, 9.17) is 21.4 Å².